The van der Waals surface area contributed by atoms with E-state index in [0.717, 1.165) is 28.0 Å². The topological polar surface area (TPSA) is 46.5 Å². The minimum absolute atomic E-state index is 0.181. The number of allylic oxidation sites excluding steroid dienone is 4. The minimum atomic E-state index is -0.968. The Hall–Kier alpha value is -3.14. The number of carboxylic acids is 1. The normalized spacial score (nSPS) is 16.1. The van der Waals surface area contributed by atoms with Gasteiger partial charge < -0.3 is 9.84 Å². The van der Waals surface area contributed by atoms with Crippen LogP contribution in [0.25, 0.3) is 16.7 Å². The molecule has 3 nitrogen and oxygen atoms in total. The van der Waals surface area contributed by atoms with Crippen molar-refractivity contribution in [3.8, 4) is 16.9 Å². The van der Waals surface area contributed by atoms with Crippen LogP contribution in [0.1, 0.15) is 26.3 Å². The van der Waals surface area contributed by atoms with Gasteiger partial charge in [-0.05, 0) is 47.4 Å². The van der Waals surface area contributed by atoms with E-state index in [1.54, 1.807) is 25.1 Å². The minimum Gasteiger partial charge on any atom is -0.492 e. The van der Waals surface area contributed by atoms with Crippen molar-refractivity contribution < 1.29 is 19.0 Å². The predicted molar refractivity (Wildman–Crippen MR) is 110 cm³/mol. The van der Waals surface area contributed by atoms with Crippen molar-refractivity contribution in [1.82, 2.24) is 0 Å². The highest BCUT2D eigenvalue weighted by Gasteiger charge is 2.23. The number of aliphatic carboxylic acids is 1. The van der Waals surface area contributed by atoms with E-state index in [-0.39, 0.29) is 11.2 Å². The molecule has 0 unspecified atom stereocenters. The molecule has 3 rings (SSSR count). The molecule has 0 atom stereocenters. The van der Waals surface area contributed by atoms with Gasteiger partial charge in [0.2, 0.25) is 0 Å². The van der Waals surface area contributed by atoms with E-state index in [2.05, 4.69) is 19.9 Å². The van der Waals surface area contributed by atoms with Crippen LogP contribution in [-0.2, 0) is 4.79 Å². The Morgan fingerprint density at radius 1 is 1.14 bits per heavy atom. The lowest BCUT2D eigenvalue weighted by molar-refractivity contribution is -0.131. The van der Waals surface area contributed by atoms with E-state index in [1.165, 1.54) is 18.2 Å². The first kappa shape index (κ1) is 19.6. The highest BCUT2D eigenvalue weighted by molar-refractivity contribution is 5.83. The number of hydrogen-bond acceptors (Lipinski definition) is 2. The second-order valence-electron chi connectivity index (χ2n) is 7.65. The SMILES string of the molecule is CC(/C=C/C1=CC(C)(C)COc2cc(-c3ccc(F)cc3)ccc21)=C\C(=O)O. The Labute approximate surface area is 164 Å². The molecule has 1 heterocycles. The molecule has 0 aromatic heterocycles. The highest BCUT2D eigenvalue weighted by atomic mass is 19.1. The third kappa shape index (κ3) is 4.77. The van der Waals surface area contributed by atoms with Gasteiger partial charge in [0, 0.05) is 17.1 Å². The quantitative estimate of drug-likeness (QED) is 0.534. The van der Waals surface area contributed by atoms with Crippen molar-refractivity contribution in [3.05, 3.63) is 83.7 Å². The van der Waals surface area contributed by atoms with E-state index in [0.29, 0.717) is 12.2 Å². The van der Waals surface area contributed by atoms with E-state index >= 15 is 0 Å². The van der Waals surface area contributed by atoms with Crippen molar-refractivity contribution >= 4 is 11.5 Å². The third-order valence-corrected chi connectivity index (χ3v) is 4.49. The van der Waals surface area contributed by atoms with Crippen molar-refractivity contribution in [2.75, 3.05) is 6.61 Å². The zero-order chi connectivity index (χ0) is 20.3. The summed E-state index contributed by atoms with van der Waals surface area (Å²) in [6, 6.07) is 12.3. The van der Waals surface area contributed by atoms with Gasteiger partial charge in [-0.25, -0.2) is 9.18 Å². The lowest BCUT2D eigenvalue weighted by Gasteiger charge is -2.18. The van der Waals surface area contributed by atoms with Crippen molar-refractivity contribution in [3.63, 3.8) is 0 Å². The average Bonchev–Trinajstić information content (AvgIpc) is 2.76. The molecular weight excluding hydrogens is 355 g/mol. The van der Waals surface area contributed by atoms with E-state index in [4.69, 9.17) is 9.84 Å². The first-order valence-corrected chi connectivity index (χ1v) is 9.09. The van der Waals surface area contributed by atoms with E-state index in [9.17, 15) is 9.18 Å². The van der Waals surface area contributed by atoms with Crippen LogP contribution in [0.2, 0.25) is 0 Å². The van der Waals surface area contributed by atoms with E-state index < -0.39 is 5.97 Å². The van der Waals surface area contributed by atoms with Crippen LogP contribution >= 0.6 is 0 Å². The standard InChI is InChI=1S/C24H23FO3/c1-16(12-23(26)27)4-5-19-14-24(2,3)15-28-22-13-18(8-11-21(19)22)17-6-9-20(25)10-7-17/h4-14H,15H2,1-3H3,(H,26,27)/b5-4+,16-12+. The molecule has 0 saturated carbocycles. The van der Waals surface area contributed by atoms with Crippen LogP contribution in [0.4, 0.5) is 4.39 Å². The lowest BCUT2D eigenvalue weighted by atomic mass is 9.90. The molecule has 28 heavy (non-hydrogen) atoms. The third-order valence-electron chi connectivity index (χ3n) is 4.49. The van der Waals surface area contributed by atoms with Gasteiger partial charge >= 0.3 is 5.97 Å². The second kappa shape index (κ2) is 7.85. The van der Waals surface area contributed by atoms with Gasteiger partial charge in [0.1, 0.15) is 11.6 Å². The molecular formula is C24H23FO3. The molecule has 2 aromatic rings. The van der Waals surface area contributed by atoms with Crippen LogP contribution in [-0.4, -0.2) is 17.7 Å². The molecule has 1 aliphatic heterocycles. The Kier molecular flexibility index (Phi) is 5.50. The van der Waals surface area contributed by atoms with Crippen molar-refractivity contribution in [2.45, 2.75) is 20.8 Å². The van der Waals surface area contributed by atoms with Crippen molar-refractivity contribution in [2.24, 2.45) is 5.41 Å². The summed E-state index contributed by atoms with van der Waals surface area (Å²) in [5, 5.41) is 8.89. The summed E-state index contributed by atoms with van der Waals surface area (Å²) < 4.78 is 19.3. The van der Waals surface area contributed by atoms with Gasteiger partial charge in [0.05, 0.1) is 6.61 Å². The van der Waals surface area contributed by atoms with Crippen molar-refractivity contribution in [1.29, 1.82) is 0 Å². The number of rotatable bonds is 4. The Morgan fingerprint density at radius 3 is 2.50 bits per heavy atom. The fourth-order valence-electron chi connectivity index (χ4n) is 3.11. The molecule has 0 aliphatic carbocycles. The molecule has 2 aromatic carbocycles. The number of fused-ring (bicyclic) bond motifs is 1. The summed E-state index contributed by atoms with van der Waals surface area (Å²) in [4.78, 5) is 10.8. The summed E-state index contributed by atoms with van der Waals surface area (Å²) in [5.74, 6) is -0.482. The van der Waals surface area contributed by atoms with E-state index in [1.807, 2.05) is 24.3 Å². The molecule has 1 aliphatic rings. The molecule has 0 spiro atoms. The van der Waals surface area contributed by atoms with Gasteiger partial charge in [0.25, 0.3) is 0 Å². The molecule has 0 radical (unpaired) electrons. The van der Waals surface area contributed by atoms with Gasteiger partial charge in [0.15, 0.2) is 0 Å². The summed E-state index contributed by atoms with van der Waals surface area (Å²) >= 11 is 0. The smallest absolute Gasteiger partial charge is 0.328 e. The summed E-state index contributed by atoms with van der Waals surface area (Å²) in [6.07, 6.45) is 7.02. The number of carbonyl (C=O) groups is 1. The van der Waals surface area contributed by atoms with Gasteiger partial charge in [-0.15, -0.1) is 0 Å². The lowest BCUT2D eigenvalue weighted by Crippen LogP contribution is -2.17. The maximum atomic E-state index is 13.2. The highest BCUT2D eigenvalue weighted by Crippen LogP contribution is 2.38. The Bertz CT molecular complexity index is 979. The monoisotopic (exact) mass is 378 g/mol. The predicted octanol–water partition coefficient (Wildman–Crippen LogP) is 5.88. The molecule has 0 bridgehead atoms. The Morgan fingerprint density at radius 2 is 1.82 bits per heavy atom. The van der Waals surface area contributed by atoms with Crippen LogP contribution in [0.5, 0.6) is 5.75 Å². The fourth-order valence-corrected chi connectivity index (χ4v) is 3.11. The number of benzene rings is 2. The molecule has 4 heteroatoms. The molecule has 0 saturated heterocycles. The zero-order valence-electron chi connectivity index (χ0n) is 16.2. The number of hydrogen-bond donors (Lipinski definition) is 1. The Balaban J connectivity index is 2.01. The maximum absolute atomic E-state index is 13.2. The number of carboxylic acid groups (broad SMARTS) is 1. The fraction of sp³-hybridized carbons (Fsp3) is 0.208. The number of halogens is 1. The largest absolute Gasteiger partial charge is 0.492 e. The van der Waals surface area contributed by atoms with Crippen LogP contribution in [0.15, 0.2) is 72.3 Å². The maximum Gasteiger partial charge on any atom is 0.328 e. The summed E-state index contributed by atoms with van der Waals surface area (Å²) in [7, 11) is 0. The molecule has 1 N–H and O–H groups in total. The summed E-state index contributed by atoms with van der Waals surface area (Å²) in [6.45, 7) is 6.46. The second-order valence-corrected chi connectivity index (χ2v) is 7.65. The summed E-state index contributed by atoms with van der Waals surface area (Å²) in [5.41, 5.74) is 4.25. The number of ether oxygens (including phenoxy) is 1. The van der Waals surface area contributed by atoms with Crippen LogP contribution in [0.3, 0.4) is 0 Å². The zero-order valence-corrected chi connectivity index (χ0v) is 16.2. The molecule has 144 valence electrons. The molecule has 0 amide bonds. The average molecular weight is 378 g/mol. The van der Waals surface area contributed by atoms with Crippen LogP contribution < -0.4 is 4.74 Å². The first-order chi connectivity index (χ1) is 13.2. The van der Waals surface area contributed by atoms with Gasteiger partial charge in [-0.3, -0.25) is 0 Å². The first-order valence-electron chi connectivity index (χ1n) is 9.09. The van der Waals surface area contributed by atoms with Gasteiger partial charge in [-0.2, -0.15) is 0 Å². The van der Waals surface area contributed by atoms with Crippen LogP contribution in [0, 0.1) is 11.2 Å². The van der Waals surface area contributed by atoms with Gasteiger partial charge in [-0.1, -0.05) is 56.3 Å². The molecule has 0 fully saturated rings.